The third-order valence-electron chi connectivity index (χ3n) is 3.91. The minimum Gasteiger partial charge on any atom is -0.489 e. The summed E-state index contributed by atoms with van der Waals surface area (Å²) in [5.41, 5.74) is 4.67. The number of nitrogens with one attached hydrogen (secondary N) is 1. The van der Waals surface area contributed by atoms with Gasteiger partial charge in [0.15, 0.2) is 0 Å². The molecule has 3 rings (SSSR count). The van der Waals surface area contributed by atoms with Gasteiger partial charge in [-0.1, -0.05) is 51.8 Å². The van der Waals surface area contributed by atoms with E-state index in [0.717, 1.165) is 33.0 Å². The van der Waals surface area contributed by atoms with E-state index in [9.17, 15) is 0 Å². The van der Waals surface area contributed by atoms with Gasteiger partial charge in [0.25, 0.3) is 0 Å². The van der Waals surface area contributed by atoms with E-state index in [-0.39, 0.29) is 0 Å². The molecule has 128 valence electrons. The van der Waals surface area contributed by atoms with E-state index in [2.05, 4.69) is 52.4 Å². The zero-order chi connectivity index (χ0) is 17.6. The molecule has 0 saturated heterocycles. The maximum atomic E-state index is 5.89. The molecule has 0 saturated carbocycles. The summed E-state index contributed by atoms with van der Waals surface area (Å²) in [5, 5.41) is 4.20. The summed E-state index contributed by atoms with van der Waals surface area (Å²) < 4.78 is 6.91. The van der Waals surface area contributed by atoms with Crippen molar-refractivity contribution in [1.82, 2.24) is 0 Å². The third kappa shape index (κ3) is 5.25. The number of halogens is 2. The summed E-state index contributed by atoms with van der Waals surface area (Å²) in [4.78, 5) is 0. The van der Waals surface area contributed by atoms with Crippen LogP contribution in [0, 0.1) is 6.92 Å². The van der Waals surface area contributed by atoms with E-state index in [1.54, 1.807) is 0 Å². The van der Waals surface area contributed by atoms with Gasteiger partial charge in [-0.05, 0) is 66.1 Å². The number of ether oxygens (including phenoxy) is 1. The van der Waals surface area contributed by atoms with E-state index < -0.39 is 0 Å². The molecule has 0 aliphatic rings. The molecule has 3 aromatic carbocycles. The molecule has 0 bridgehead atoms. The Kier molecular flexibility index (Phi) is 6.00. The second kappa shape index (κ2) is 8.41. The quantitative estimate of drug-likeness (QED) is 0.488. The maximum absolute atomic E-state index is 5.89. The fourth-order valence-corrected chi connectivity index (χ4v) is 3.08. The van der Waals surface area contributed by atoms with Gasteiger partial charge in [0, 0.05) is 21.7 Å². The smallest absolute Gasteiger partial charge is 0.119 e. The van der Waals surface area contributed by atoms with Crippen LogP contribution in [0.5, 0.6) is 5.75 Å². The standard InChI is InChI=1S/C21H19BrClNO/c1-15-12-18(22)6-11-21(15)24-13-16-4-9-20(10-5-16)25-14-17-2-7-19(23)8-3-17/h2-12,24H,13-14H2,1H3. The summed E-state index contributed by atoms with van der Waals surface area (Å²) in [6.45, 7) is 3.41. The van der Waals surface area contributed by atoms with Crippen LogP contribution < -0.4 is 10.1 Å². The molecule has 4 heteroatoms. The van der Waals surface area contributed by atoms with E-state index >= 15 is 0 Å². The number of aryl methyl sites for hydroxylation is 1. The van der Waals surface area contributed by atoms with Crippen molar-refractivity contribution in [1.29, 1.82) is 0 Å². The molecule has 0 fully saturated rings. The fraction of sp³-hybridized carbons (Fsp3) is 0.143. The minimum atomic E-state index is 0.535. The summed E-state index contributed by atoms with van der Waals surface area (Å²) >= 11 is 9.38. The van der Waals surface area contributed by atoms with Crippen LogP contribution in [0.1, 0.15) is 16.7 Å². The van der Waals surface area contributed by atoms with Gasteiger partial charge in [-0.2, -0.15) is 0 Å². The molecular weight excluding hydrogens is 398 g/mol. The third-order valence-corrected chi connectivity index (χ3v) is 4.66. The first-order chi connectivity index (χ1) is 12.1. The number of rotatable bonds is 6. The van der Waals surface area contributed by atoms with E-state index in [0.29, 0.717) is 6.61 Å². The lowest BCUT2D eigenvalue weighted by molar-refractivity contribution is 0.306. The van der Waals surface area contributed by atoms with Gasteiger partial charge >= 0.3 is 0 Å². The van der Waals surface area contributed by atoms with Crippen molar-refractivity contribution >= 4 is 33.2 Å². The Balaban J connectivity index is 1.54. The summed E-state index contributed by atoms with van der Waals surface area (Å²) in [6, 6.07) is 22.1. The van der Waals surface area contributed by atoms with E-state index in [1.165, 1.54) is 11.1 Å². The van der Waals surface area contributed by atoms with Crippen LogP contribution in [0.3, 0.4) is 0 Å². The largest absolute Gasteiger partial charge is 0.489 e. The molecule has 0 spiro atoms. The molecule has 2 nitrogen and oxygen atoms in total. The molecule has 0 aliphatic carbocycles. The average molecular weight is 417 g/mol. The molecular formula is C21H19BrClNO. The second-order valence-electron chi connectivity index (χ2n) is 5.87. The highest BCUT2D eigenvalue weighted by Crippen LogP contribution is 2.21. The van der Waals surface area contributed by atoms with Crippen molar-refractivity contribution in [2.75, 3.05) is 5.32 Å². The van der Waals surface area contributed by atoms with Gasteiger partial charge < -0.3 is 10.1 Å². The van der Waals surface area contributed by atoms with E-state index in [1.807, 2.05) is 42.5 Å². The summed E-state index contributed by atoms with van der Waals surface area (Å²) in [5.74, 6) is 0.860. The Labute approximate surface area is 161 Å². The molecule has 0 amide bonds. The molecule has 0 atom stereocenters. The Hall–Kier alpha value is -1.97. The Morgan fingerprint density at radius 2 is 1.60 bits per heavy atom. The van der Waals surface area contributed by atoms with Crippen LogP contribution in [0.25, 0.3) is 0 Å². The Bertz CT molecular complexity index is 832. The molecule has 0 radical (unpaired) electrons. The maximum Gasteiger partial charge on any atom is 0.119 e. The van der Waals surface area contributed by atoms with Gasteiger partial charge in [-0.3, -0.25) is 0 Å². The SMILES string of the molecule is Cc1cc(Br)ccc1NCc1ccc(OCc2ccc(Cl)cc2)cc1. The number of hydrogen-bond acceptors (Lipinski definition) is 2. The van der Waals surface area contributed by atoms with E-state index in [4.69, 9.17) is 16.3 Å². The lowest BCUT2D eigenvalue weighted by Crippen LogP contribution is -2.01. The minimum absolute atomic E-state index is 0.535. The van der Waals surface area contributed by atoms with Gasteiger partial charge in [0.05, 0.1) is 0 Å². The van der Waals surface area contributed by atoms with Crippen molar-refractivity contribution in [2.45, 2.75) is 20.1 Å². The molecule has 0 heterocycles. The highest BCUT2D eigenvalue weighted by atomic mass is 79.9. The number of anilines is 1. The normalized spacial score (nSPS) is 10.5. The first kappa shape index (κ1) is 17.8. The van der Waals surface area contributed by atoms with Crippen LogP contribution >= 0.6 is 27.5 Å². The number of benzene rings is 3. The first-order valence-electron chi connectivity index (χ1n) is 8.06. The highest BCUT2D eigenvalue weighted by molar-refractivity contribution is 9.10. The lowest BCUT2D eigenvalue weighted by Gasteiger charge is -2.11. The zero-order valence-electron chi connectivity index (χ0n) is 13.9. The average Bonchev–Trinajstić information content (AvgIpc) is 2.61. The monoisotopic (exact) mass is 415 g/mol. The van der Waals surface area contributed by atoms with Gasteiger partial charge in [-0.25, -0.2) is 0 Å². The molecule has 0 unspecified atom stereocenters. The van der Waals surface area contributed by atoms with Gasteiger partial charge in [0.2, 0.25) is 0 Å². The Morgan fingerprint density at radius 3 is 2.28 bits per heavy atom. The van der Waals surface area contributed by atoms with Crippen LogP contribution in [-0.4, -0.2) is 0 Å². The zero-order valence-corrected chi connectivity index (χ0v) is 16.3. The van der Waals surface area contributed by atoms with Crippen molar-refractivity contribution in [3.05, 3.63) is 92.9 Å². The predicted octanol–water partition coefficient (Wildman–Crippen LogP) is 6.60. The van der Waals surface area contributed by atoms with Crippen LogP contribution in [0.2, 0.25) is 5.02 Å². The molecule has 3 aromatic rings. The molecule has 0 aromatic heterocycles. The highest BCUT2D eigenvalue weighted by Gasteiger charge is 2.01. The van der Waals surface area contributed by atoms with Crippen molar-refractivity contribution in [3.8, 4) is 5.75 Å². The molecule has 0 aliphatic heterocycles. The summed E-state index contributed by atoms with van der Waals surface area (Å²) in [7, 11) is 0. The number of hydrogen-bond donors (Lipinski definition) is 1. The molecule has 1 N–H and O–H groups in total. The van der Waals surface area contributed by atoms with Gasteiger partial charge in [0.1, 0.15) is 12.4 Å². The van der Waals surface area contributed by atoms with Crippen molar-refractivity contribution in [2.24, 2.45) is 0 Å². The van der Waals surface area contributed by atoms with Crippen LogP contribution in [0.15, 0.2) is 71.2 Å². The predicted molar refractivity (Wildman–Crippen MR) is 108 cm³/mol. The van der Waals surface area contributed by atoms with Crippen LogP contribution in [-0.2, 0) is 13.2 Å². The second-order valence-corrected chi connectivity index (χ2v) is 7.22. The van der Waals surface area contributed by atoms with Gasteiger partial charge in [-0.15, -0.1) is 0 Å². The first-order valence-corrected chi connectivity index (χ1v) is 9.23. The fourth-order valence-electron chi connectivity index (χ4n) is 2.47. The van der Waals surface area contributed by atoms with Crippen LogP contribution in [0.4, 0.5) is 5.69 Å². The lowest BCUT2D eigenvalue weighted by atomic mass is 10.1. The van der Waals surface area contributed by atoms with Crippen molar-refractivity contribution < 1.29 is 4.74 Å². The Morgan fingerprint density at radius 1 is 0.920 bits per heavy atom. The molecule has 25 heavy (non-hydrogen) atoms. The topological polar surface area (TPSA) is 21.3 Å². The summed E-state index contributed by atoms with van der Waals surface area (Å²) in [6.07, 6.45) is 0. The van der Waals surface area contributed by atoms with Crippen molar-refractivity contribution in [3.63, 3.8) is 0 Å².